The average molecular weight is 601 g/mol. The molecule has 44 heavy (non-hydrogen) atoms. The molecule has 0 spiro atoms. The second kappa shape index (κ2) is 10.2. The first-order valence-electron chi connectivity index (χ1n) is 14.5. The lowest BCUT2D eigenvalue weighted by Crippen LogP contribution is -2.51. The molecule has 9 nitrogen and oxygen atoms in total. The van der Waals surface area contributed by atoms with E-state index in [1.807, 2.05) is 78.9 Å². The van der Waals surface area contributed by atoms with Gasteiger partial charge in [-0.05, 0) is 66.6 Å². The Hall–Kier alpha value is -4.25. The molecule has 6 atom stereocenters. The van der Waals surface area contributed by atoms with E-state index in [2.05, 4.69) is 4.98 Å². The van der Waals surface area contributed by atoms with E-state index in [0.29, 0.717) is 17.9 Å². The molecule has 1 saturated heterocycles. The van der Waals surface area contributed by atoms with E-state index < -0.39 is 46.6 Å². The van der Waals surface area contributed by atoms with E-state index in [-0.39, 0.29) is 17.9 Å². The minimum absolute atomic E-state index is 0.0997. The molecule has 2 saturated carbocycles. The average Bonchev–Trinajstić information content (AvgIpc) is 3.57. The maximum Gasteiger partial charge on any atom is 0.330 e. The van der Waals surface area contributed by atoms with Crippen LogP contribution in [0.2, 0.25) is 0 Å². The molecule has 7 rings (SSSR count). The molecule has 1 aromatic heterocycles. The highest BCUT2D eigenvalue weighted by Crippen LogP contribution is 2.70. The molecular formula is C34H33FN2O7. The largest absolute Gasteiger partial charge is 0.497 e. The summed E-state index contributed by atoms with van der Waals surface area (Å²) in [5, 5.41) is 11.9. The molecular weight excluding hydrogens is 567 g/mol. The van der Waals surface area contributed by atoms with Crippen LogP contribution in [0.3, 0.4) is 0 Å². The number of H-pyrrole nitrogens is 1. The van der Waals surface area contributed by atoms with Crippen molar-refractivity contribution in [1.82, 2.24) is 9.55 Å². The quantitative estimate of drug-likeness (QED) is 0.294. The summed E-state index contributed by atoms with van der Waals surface area (Å²) in [5.41, 5.74) is -2.93. The molecule has 4 aromatic rings. The number of aromatic amines is 1. The van der Waals surface area contributed by atoms with Crippen LogP contribution in [0.4, 0.5) is 4.39 Å². The van der Waals surface area contributed by atoms with Gasteiger partial charge in [0.05, 0.1) is 14.2 Å². The number of hydrogen-bond donors (Lipinski definition) is 2. The van der Waals surface area contributed by atoms with Crippen LogP contribution in [0.25, 0.3) is 0 Å². The smallest absolute Gasteiger partial charge is 0.330 e. The first kappa shape index (κ1) is 28.5. The standard InChI is InChI=1S/C34H33FN2O7/c1-20-19-37(31(39)36-28(20)38)29-27(35)32(40)17-24-18-33(24,30(32)43-29)44-34(21-7-5-4-6-8-21,22-9-13-25(41-2)14-10-22)23-11-15-26(42-3)16-12-23/h4-16,19,24,27,29-30,40H,17-18H2,1-3H3,(H,36,38,39)/t24-,27-,29-,30+,32+,33-/m1/s1. The van der Waals surface area contributed by atoms with Crippen molar-refractivity contribution in [3.05, 3.63) is 128 Å². The fourth-order valence-corrected chi connectivity index (χ4v) is 7.21. The predicted octanol–water partition coefficient (Wildman–Crippen LogP) is 4.00. The minimum Gasteiger partial charge on any atom is -0.497 e. The van der Waals surface area contributed by atoms with Gasteiger partial charge in [-0.2, -0.15) is 0 Å². The van der Waals surface area contributed by atoms with Crippen LogP contribution in [-0.2, 0) is 15.1 Å². The number of rotatable bonds is 8. The molecule has 0 radical (unpaired) electrons. The predicted molar refractivity (Wildman–Crippen MR) is 159 cm³/mol. The van der Waals surface area contributed by atoms with E-state index in [4.69, 9.17) is 18.9 Å². The molecule has 2 aliphatic carbocycles. The van der Waals surface area contributed by atoms with Gasteiger partial charge in [0.25, 0.3) is 5.56 Å². The van der Waals surface area contributed by atoms with Gasteiger partial charge in [0.15, 0.2) is 12.4 Å². The van der Waals surface area contributed by atoms with Crippen LogP contribution < -0.4 is 20.7 Å². The summed E-state index contributed by atoms with van der Waals surface area (Å²) in [4.78, 5) is 27.0. The van der Waals surface area contributed by atoms with Crippen molar-refractivity contribution >= 4 is 0 Å². The number of fused-ring (bicyclic) bond motifs is 3. The Labute approximate surface area is 252 Å². The summed E-state index contributed by atoms with van der Waals surface area (Å²) in [7, 11) is 3.20. The summed E-state index contributed by atoms with van der Waals surface area (Å²) < 4.78 is 41.8. The van der Waals surface area contributed by atoms with Crippen molar-refractivity contribution in [2.24, 2.45) is 5.92 Å². The summed E-state index contributed by atoms with van der Waals surface area (Å²) in [6, 6.07) is 24.9. The fourth-order valence-electron chi connectivity index (χ4n) is 7.21. The van der Waals surface area contributed by atoms with E-state index in [0.717, 1.165) is 21.3 Å². The third kappa shape index (κ3) is 4.08. The number of aromatic nitrogens is 2. The van der Waals surface area contributed by atoms with Crippen molar-refractivity contribution < 1.29 is 28.4 Å². The Morgan fingerprint density at radius 1 is 0.909 bits per heavy atom. The number of methoxy groups -OCH3 is 2. The zero-order valence-electron chi connectivity index (χ0n) is 24.5. The van der Waals surface area contributed by atoms with Gasteiger partial charge in [-0.25, -0.2) is 9.18 Å². The van der Waals surface area contributed by atoms with Gasteiger partial charge in [-0.15, -0.1) is 0 Å². The molecule has 10 heteroatoms. The van der Waals surface area contributed by atoms with Gasteiger partial charge in [-0.3, -0.25) is 14.3 Å². The number of halogens is 1. The number of benzene rings is 3. The third-order valence-electron chi connectivity index (χ3n) is 9.51. The van der Waals surface area contributed by atoms with Crippen LogP contribution in [-0.4, -0.2) is 52.4 Å². The minimum atomic E-state index is -1.93. The zero-order valence-corrected chi connectivity index (χ0v) is 24.5. The Morgan fingerprint density at radius 3 is 2.05 bits per heavy atom. The molecule has 1 aliphatic heterocycles. The van der Waals surface area contributed by atoms with Crippen molar-refractivity contribution in [3.63, 3.8) is 0 Å². The van der Waals surface area contributed by atoms with Gasteiger partial charge >= 0.3 is 5.69 Å². The lowest BCUT2D eigenvalue weighted by Gasteiger charge is -2.41. The summed E-state index contributed by atoms with van der Waals surface area (Å²) in [5.74, 6) is 1.16. The lowest BCUT2D eigenvalue weighted by molar-refractivity contribution is -0.164. The van der Waals surface area contributed by atoms with Gasteiger partial charge in [0.2, 0.25) is 0 Å². The van der Waals surface area contributed by atoms with Crippen LogP contribution in [0.15, 0.2) is 94.6 Å². The first-order chi connectivity index (χ1) is 21.2. The van der Waals surface area contributed by atoms with Crippen LogP contribution in [0.5, 0.6) is 11.5 Å². The second-order valence-corrected chi connectivity index (χ2v) is 11.9. The number of ether oxygens (including phenoxy) is 4. The first-order valence-corrected chi connectivity index (χ1v) is 14.5. The maximum absolute atomic E-state index is 16.2. The van der Waals surface area contributed by atoms with E-state index in [9.17, 15) is 14.7 Å². The fraction of sp³-hybridized carbons (Fsp3) is 0.353. The third-order valence-corrected chi connectivity index (χ3v) is 9.51. The van der Waals surface area contributed by atoms with Gasteiger partial charge in [0, 0.05) is 11.8 Å². The highest BCUT2D eigenvalue weighted by Gasteiger charge is 2.81. The Kier molecular flexibility index (Phi) is 6.58. The number of aryl methyl sites for hydroxylation is 1. The van der Waals surface area contributed by atoms with Crippen LogP contribution >= 0.6 is 0 Å². The number of aliphatic hydroxyl groups is 1. The highest BCUT2D eigenvalue weighted by molar-refractivity contribution is 5.51. The molecule has 228 valence electrons. The van der Waals surface area contributed by atoms with Gasteiger partial charge in [-0.1, -0.05) is 54.6 Å². The highest BCUT2D eigenvalue weighted by atomic mass is 19.1. The molecule has 2 N–H and O–H groups in total. The monoisotopic (exact) mass is 600 g/mol. The zero-order chi connectivity index (χ0) is 30.9. The Balaban J connectivity index is 1.38. The van der Waals surface area contributed by atoms with Crippen molar-refractivity contribution in [2.75, 3.05) is 14.2 Å². The maximum atomic E-state index is 16.2. The van der Waals surface area contributed by atoms with E-state index in [1.165, 1.54) is 13.1 Å². The lowest BCUT2D eigenvalue weighted by atomic mass is 9.79. The molecule has 3 fully saturated rings. The summed E-state index contributed by atoms with van der Waals surface area (Å²) in [6.07, 6.45) is -2.56. The normalized spacial score (nSPS) is 28.8. The number of alkyl halides is 1. The van der Waals surface area contributed by atoms with Crippen molar-refractivity contribution in [2.45, 2.75) is 55.1 Å². The van der Waals surface area contributed by atoms with Gasteiger partial charge < -0.3 is 24.1 Å². The Morgan fingerprint density at radius 2 is 1.48 bits per heavy atom. The topological polar surface area (TPSA) is 112 Å². The van der Waals surface area contributed by atoms with E-state index in [1.54, 1.807) is 14.2 Å². The van der Waals surface area contributed by atoms with Crippen LogP contribution in [0, 0.1) is 12.8 Å². The number of nitrogens with zero attached hydrogens (tertiary/aromatic N) is 1. The summed E-state index contributed by atoms with van der Waals surface area (Å²) in [6.45, 7) is 1.52. The number of hydrogen-bond acceptors (Lipinski definition) is 7. The second-order valence-electron chi connectivity index (χ2n) is 11.9. The van der Waals surface area contributed by atoms with Crippen molar-refractivity contribution in [3.8, 4) is 11.5 Å². The molecule has 0 bridgehead atoms. The molecule has 0 unspecified atom stereocenters. The SMILES string of the molecule is COc1ccc(C(O[C@]23C[C@H]2C[C@]2(O)[C@H](F)[C@H](n4cc(C)c(=O)[nH]c4=O)O[C@@H]23)(c2ccccc2)c2ccc(OC)cc2)cc1. The number of nitrogens with one attached hydrogen (secondary N) is 1. The summed E-state index contributed by atoms with van der Waals surface area (Å²) >= 11 is 0. The van der Waals surface area contributed by atoms with Crippen LogP contribution in [0.1, 0.15) is 41.3 Å². The van der Waals surface area contributed by atoms with Crippen molar-refractivity contribution in [1.29, 1.82) is 0 Å². The molecule has 3 aromatic carbocycles. The van der Waals surface area contributed by atoms with E-state index >= 15 is 4.39 Å². The molecule has 3 aliphatic rings. The molecule has 0 amide bonds. The Bertz CT molecular complexity index is 1760. The van der Waals surface area contributed by atoms with Gasteiger partial charge in [0.1, 0.15) is 34.4 Å². The molecule has 2 heterocycles.